The standard InChI is InChI=1S/C19H26N2O4/c22-9-1-2-10-24-18-12-15(14-5-3-6-14)11-17(25-18)19(23)21-16-7-4-8-20-13-16/h4,7-8,11,13-15,18,22H,1-3,5-6,9-10,12H2,(H,21,23)/t15-,18+/m0/s1. The Bertz CT molecular complexity index is 586. The maximum absolute atomic E-state index is 12.5. The molecule has 0 bridgehead atoms. The number of ether oxygens (including phenoxy) is 2. The molecule has 0 aromatic carbocycles. The number of amides is 1. The lowest BCUT2D eigenvalue weighted by atomic mass is 9.73. The average molecular weight is 346 g/mol. The molecule has 2 heterocycles. The van der Waals surface area contributed by atoms with Crippen LogP contribution in [0.2, 0.25) is 0 Å². The van der Waals surface area contributed by atoms with Gasteiger partial charge in [-0.15, -0.1) is 0 Å². The zero-order valence-corrected chi connectivity index (χ0v) is 14.4. The summed E-state index contributed by atoms with van der Waals surface area (Å²) in [6.45, 7) is 0.693. The van der Waals surface area contributed by atoms with Gasteiger partial charge in [0.1, 0.15) is 0 Å². The van der Waals surface area contributed by atoms with Gasteiger partial charge in [0.2, 0.25) is 6.29 Å². The summed E-state index contributed by atoms with van der Waals surface area (Å²) in [7, 11) is 0. The van der Waals surface area contributed by atoms with Crippen LogP contribution in [0.4, 0.5) is 5.69 Å². The van der Waals surface area contributed by atoms with Crippen molar-refractivity contribution in [3.8, 4) is 0 Å². The van der Waals surface area contributed by atoms with E-state index in [0.717, 1.165) is 12.8 Å². The number of pyridine rings is 1. The van der Waals surface area contributed by atoms with Crippen LogP contribution in [0.15, 0.2) is 36.4 Å². The summed E-state index contributed by atoms with van der Waals surface area (Å²) in [5, 5.41) is 11.7. The summed E-state index contributed by atoms with van der Waals surface area (Å²) in [6.07, 6.45) is 10.8. The fourth-order valence-electron chi connectivity index (χ4n) is 3.20. The van der Waals surface area contributed by atoms with Crippen molar-refractivity contribution in [2.24, 2.45) is 11.8 Å². The van der Waals surface area contributed by atoms with Crippen molar-refractivity contribution in [1.29, 1.82) is 0 Å². The summed E-state index contributed by atoms with van der Waals surface area (Å²) < 4.78 is 11.6. The molecule has 25 heavy (non-hydrogen) atoms. The van der Waals surface area contributed by atoms with Gasteiger partial charge < -0.3 is 19.9 Å². The Labute approximate surface area is 148 Å². The van der Waals surface area contributed by atoms with Crippen LogP contribution >= 0.6 is 0 Å². The zero-order valence-electron chi connectivity index (χ0n) is 14.4. The number of anilines is 1. The number of aliphatic hydroxyl groups excluding tert-OH is 1. The van der Waals surface area contributed by atoms with Crippen molar-refractivity contribution < 1.29 is 19.4 Å². The van der Waals surface area contributed by atoms with Crippen LogP contribution in [-0.2, 0) is 14.3 Å². The van der Waals surface area contributed by atoms with E-state index in [2.05, 4.69) is 10.3 Å². The van der Waals surface area contributed by atoms with Gasteiger partial charge in [-0.25, -0.2) is 0 Å². The van der Waals surface area contributed by atoms with Gasteiger partial charge in [0.25, 0.3) is 5.91 Å². The molecule has 2 atom stereocenters. The Hall–Kier alpha value is -1.92. The largest absolute Gasteiger partial charge is 0.459 e. The first-order valence-corrected chi connectivity index (χ1v) is 9.08. The number of carbonyl (C=O) groups excluding carboxylic acids is 1. The van der Waals surface area contributed by atoms with Crippen molar-refractivity contribution in [3.63, 3.8) is 0 Å². The lowest BCUT2D eigenvalue weighted by Gasteiger charge is -2.37. The fraction of sp³-hybridized carbons (Fsp3) is 0.579. The van der Waals surface area contributed by atoms with Crippen molar-refractivity contribution in [2.75, 3.05) is 18.5 Å². The van der Waals surface area contributed by atoms with E-state index >= 15 is 0 Å². The molecular formula is C19H26N2O4. The molecule has 136 valence electrons. The number of allylic oxidation sites excluding steroid dienone is 1. The number of rotatable bonds is 8. The molecule has 1 fully saturated rings. The molecule has 1 aliphatic carbocycles. The van der Waals surface area contributed by atoms with E-state index in [-0.39, 0.29) is 12.5 Å². The van der Waals surface area contributed by atoms with Gasteiger partial charge in [-0.2, -0.15) is 0 Å². The maximum Gasteiger partial charge on any atom is 0.290 e. The molecule has 6 heteroatoms. The Morgan fingerprint density at radius 1 is 1.40 bits per heavy atom. The molecule has 1 aromatic rings. The Balaban J connectivity index is 1.62. The van der Waals surface area contributed by atoms with Gasteiger partial charge in [-0.3, -0.25) is 9.78 Å². The summed E-state index contributed by atoms with van der Waals surface area (Å²) >= 11 is 0. The van der Waals surface area contributed by atoms with E-state index in [1.807, 2.05) is 6.08 Å². The van der Waals surface area contributed by atoms with Gasteiger partial charge in [-0.05, 0) is 55.7 Å². The highest BCUT2D eigenvalue weighted by atomic mass is 16.7. The second-order valence-electron chi connectivity index (χ2n) is 6.67. The predicted molar refractivity (Wildman–Crippen MR) is 93.5 cm³/mol. The van der Waals surface area contributed by atoms with E-state index < -0.39 is 6.29 Å². The van der Waals surface area contributed by atoms with Crippen LogP contribution in [0.5, 0.6) is 0 Å². The molecule has 2 aliphatic rings. The smallest absolute Gasteiger partial charge is 0.290 e. The van der Waals surface area contributed by atoms with E-state index in [1.54, 1.807) is 24.5 Å². The zero-order chi connectivity index (χ0) is 17.5. The first-order chi connectivity index (χ1) is 12.3. The third-order valence-electron chi connectivity index (χ3n) is 4.84. The average Bonchev–Trinajstić information content (AvgIpc) is 2.58. The number of hydrogen-bond donors (Lipinski definition) is 2. The Kier molecular flexibility index (Phi) is 6.42. The van der Waals surface area contributed by atoms with E-state index in [9.17, 15) is 4.79 Å². The highest BCUT2D eigenvalue weighted by molar-refractivity contribution is 6.02. The first-order valence-electron chi connectivity index (χ1n) is 9.08. The van der Waals surface area contributed by atoms with Gasteiger partial charge >= 0.3 is 0 Å². The lowest BCUT2D eigenvalue weighted by molar-refractivity contribution is -0.150. The molecule has 2 N–H and O–H groups in total. The monoisotopic (exact) mass is 346 g/mol. The van der Waals surface area contributed by atoms with E-state index in [0.29, 0.717) is 36.3 Å². The molecule has 3 rings (SSSR count). The third-order valence-corrected chi connectivity index (χ3v) is 4.84. The van der Waals surface area contributed by atoms with Gasteiger partial charge in [0.15, 0.2) is 5.76 Å². The van der Waals surface area contributed by atoms with Crippen LogP contribution < -0.4 is 5.32 Å². The molecule has 0 radical (unpaired) electrons. The number of carbonyl (C=O) groups is 1. The fourth-order valence-corrected chi connectivity index (χ4v) is 3.20. The number of nitrogens with zero attached hydrogens (tertiary/aromatic N) is 1. The van der Waals surface area contributed by atoms with Crippen molar-refractivity contribution in [3.05, 3.63) is 36.4 Å². The van der Waals surface area contributed by atoms with E-state index in [1.165, 1.54) is 19.3 Å². The SMILES string of the molecule is O=C(Nc1cccnc1)C1=C[C@H](C2CCC2)C[C@H](OCCCCO)O1. The minimum atomic E-state index is -0.399. The highest BCUT2D eigenvalue weighted by Gasteiger charge is 2.34. The molecule has 1 amide bonds. The molecule has 0 unspecified atom stereocenters. The van der Waals surface area contributed by atoms with Gasteiger partial charge in [0, 0.05) is 19.2 Å². The van der Waals surface area contributed by atoms with Crippen LogP contribution in [0.25, 0.3) is 0 Å². The minimum absolute atomic E-state index is 0.165. The molecule has 0 spiro atoms. The summed E-state index contributed by atoms with van der Waals surface area (Å²) in [5.74, 6) is 1.01. The first kappa shape index (κ1) is 17.9. The predicted octanol–water partition coefficient (Wildman–Crippen LogP) is 2.86. The molecule has 6 nitrogen and oxygen atoms in total. The second-order valence-corrected chi connectivity index (χ2v) is 6.67. The third kappa shape index (κ3) is 5.03. The Morgan fingerprint density at radius 3 is 2.96 bits per heavy atom. The summed E-state index contributed by atoms with van der Waals surface area (Å²) in [4.78, 5) is 16.5. The normalized spacial score (nSPS) is 23.3. The lowest BCUT2D eigenvalue weighted by Crippen LogP contribution is -2.34. The van der Waals surface area contributed by atoms with Gasteiger partial charge in [0.05, 0.1) is 18.5 Å². The number of hydrogen-bond acceptors (Lipinski definition) is 5. The number of aromatic nitrogens is 1. The second kappa shape index (κ2) is 8.97. The molecule has 0 saturated heterocycles. The van der Waals surface area contributed by atoms with Gasteiger partial charge in [-0.1, -0.05) is 6.42 Å². The number of nitrogens with one attached hydrogen (secondary N) is 1. The van der Waals surface area contributed by atoms with Crippen LogP contribution in [0, 0.1) is 11.8 Å². The molecule has 1 saturated carbocycles. The molecule has 1 aliphatic heterocycles. The quantitative estimate of drug-likeness (QED) is 0.708. The van der Waals surface area contributed by atoms with Crippen molar-refractivity contribution >= 4 is 11.6 Å². The van der Waals surface area contributed by atoms with Crippen molar-refractivity contribution in [2.45, 2.75) is 44.8 Å². The minimum Gasteiger partial charge on any atom is -0.459 e. The van der Waals surface area contributed by atoms with Crippen LogP contribution in [-0.4, -0.2) is 35.5 Å². The highest BCUT2D eigenvalue weighted by Crippen LogP contribution is 2.40. The van der Waals surface area contributed by atoms with Crippen LogP contribution in [0.3, 0.4) is 0 Å². The topological polar surface area (TPSA) is 80.7 Å². The molecular weight excluding hydrogens is 320 g/mol. The number of unbranched alkanes of at least 4 members (excludes halogenated alkanes) is 1. The summed E-state index contributed by atoms with van der Waals surface area (Å²) in [5.41, 5.74) is 0.642. The molecule has 1 aromatic heterocycles. The Morgan fingerprint density at radius 2 is 2.28 bits per heavy atom. The maximum atomic E-state index is 12.5. The van der Waals surface area contributed by atoms with E-state index in [4.69, 9.17) is 14.6 Å². The van der Waals surface area contributed by atoms with Crippen LogP contribution in [0.1, 0.15) is 38.5 Å². The summed E-state index contributed by atoms with van der Waals surface area (Å²) in [6, 6.07) is 3.57. The number of aliphatic hydroxyl groups is 1. The van der Waals surface area contributed by atoms with Crippen molar-refractivity contribution in [1.82, 2.24) is 4.98 Å².